The van der Waals surface area contributed by atoms with Crippen molar-refractivity contribution in [3.05, 3.63) is 59.9 Å². The molecule has 1 aromatic carbocycles. The van der Waals surface area contributed by atoms with E-state index in [0.717, 1.165) is 30.0 Å². The number of nitrogens with zero attached hydrogens (tertiary/aromatic N) is 1. The van der Waals surface area contributed by atoms with Gasteiger partial charge in [0.05, 0.1) is 6.20 Å². The highest BCUT2D eigenvalue weighted by Gasteiger charge is 2.04. The number of hydrogen-bond acceptors (Lipinski definition) is 3. The predicted octanol–water partition coefficient (Wildman–Crippen LogP) is 3.41. The van der Waals surface area contributed by atoms with Crippen molar-refractivity contribution in [2.24, 2.45) is 5.92 Å². The summed E-state index contributed by atoms with van der Waals surface area (Å²) in [5, 5.41) is 3.43. The first-order chi connectivity index (χ1) is 9.75. The van der Waals surface area contributed by atoms with Crippen LogP contribution in [0.5, 0.6) is 5.75 Å². The first-order valence-electron chi connectivity index (χ1n) is 7.06. The standard InChI is InChI=1S/C17H22N2O/c1-14(2)10-19-11-16-8-9-18-12-17(16)20-13-15-6-4-3-5-7-15/h3-9,12,14,19H,10-11,13H2,1-2H3. The summed E-state index contributed by atoms with van der Waals surface area (Å²) in [6.07, 6.45) is 3.59. The van der Waals surface area contributed by atoms with Crippen LogP contribution in [0.4, 0.5) is 0 Å². The van der Waals surface area contributed by atoms with Crippen LogP contribution in [0, 0.1) is 5.92 Å². The monoisotopic (exact) mass is 270 g/mol. The molecule has 0 fully saturated rings. The summed E-state index contributed by atoms with van der Waals surface area (Å²) in [6, 6.07) is 12.2. The minimum absolute atomic E-state index is 0.573. The maximum absolute atomic E-state index is 5.88. The van der Waals surface area contributed by atoms with Gasteiger partial charge in [0, 0.05) is 18.3 Å². The molecule has 3 heteroatoms. The lowest BCUT2D eigenvalue weighted by Crippen LogP contribution is -2.19. The predicted molar refractivity (Wildman–Crippen MR) is 81.6 cm³/mol. The van der Waals surface area contributed by atoms with Crippen LogP contribution in [-0.4, -0.2) is 11.5 Å². The quantitative estimate of drug-likeness (QED) is 0.837. The fourth-order valence-electron chi connectivity index (χ4n) is 1.92. The Morgan fingerprint density at radius 2 is 1.95 bits per heavy atom. The molecule has 0 unspecified atom stereocenters. The molecule has 0 atom stereocenters. The van der Waals surface area contributed by atoms with Crippen molar-refractivity contribution in [2.75, 3.05) is 6.54 Å². The molecule has 1 aromatic heterocycles. The van der Waals surface area contributed by atoms with Gasteiger partial charge in [-0.3, -0.25) is 4.98 Å². The zero-order chi connectivity index (χ0) is 14.2. The highest BCUT2D eigenvalue weighted by molar-refractivity contribution is 5.30. The van der Waals surface area contributed by atoms with Gasteiger partial charge in [-0.15, -0.1) is 0 Å². The Kier molecular flexibility index (Phi) is 5.56. The second kappa shape index (κ2) is 7.65. The van der Waals surface area contributed by atoms with Crippen molar-refractivity contribution >= 4 is 0 Å². The van der Waals surface area contributed by atoms with E-state index in [1.165, 1.54) is 0 Å². The van der Waals surface area contributed by atoms with Crippen molar-refractivity contribution in [2.45, 2.75) is 27.0 Å². The van der Waals surface area contributed by atoms with Gasteiger partial charge >= 0.3 is 0 Å². The molecule has 1 N–H and O–H groups in total. The topological polar surface area (TPSA) is 34.2 Å². The van der Waals surface area contributed by atoms with Gasteiger partial charge in [0.25, 0.3) is 0 Å². The Morgan fingerprint density at radius 1 is 1.15 bits per heavy atom. The summed E-state index contributed by atoms with van der Waals surface area (Å²) in [5.74, 6) is 1.50. The highest BCUT2D eigenvalue weighted by atomic mass is 16.5. The zero-order valence-electron chi connectivity index (χ0n) is 12.2. The maximum Gasteiger partial charge on any atom is 0.142 e. The van der Waals surface area contributed by atoms with Crippen LogP contribution in [0.2, 0.25) is 0 Å². The van der Waals surface area contributed by atoms with E-state index < -0.39 is 0 Å². The van der Waals surface area contributed by atoms with E-state index in [9.17, 15) is 0 Å². The van der Waals surface area contributed by atoms with E-state index in [2.05, 4.69) is 36.3 Å². The third-order valence-corrected chi connectivity index (χ3v) is 2.98. The lowest BCUT2D eigenvalue weighted by molar-refractivity contribution is 0.300. The third kappa shape index (κ3) is 4.67. The Bertz CT molecular complexity index is 511. The molecule has 2 rings (SSSR count). The van der Waals surface area contributed by atoms with Crippen molar-refractivity contribution < 1.29 is 4.74 Å². The first kappa shape index (κ1) is 14.5. The van der Waals surface area contributed by atoms with E-state index in [4.69, 9.17) is 4.74 Å². The number of nitrogens with one attached hydrogen (secondary N) is 1. The van der Waals surface area contributed by atoms with Crippen molar-refractivity contribution in [1.82, 2.24) is 10.3 Å². The maximum atomic E-state index is 5.88. The summed E-state index contributed by atoms with van der Waals surface area (Å²) in [6.45, 7) is 6.79. The van der Waals surface area contributed by atoms with Gasteiger partial charge in [-0.25, -0.2) is 0 Å². The van der Waals surface area contributed by atoms with Gasteiger partial charge in [0.15, 0.2) is 0 Å². The molecule has 2 aromatic rings. The second-order valence-corrected chi connectivity index (χ2v) is 5.28. The molecule has 20 heavy (non-hydrogen) atoms. The average Bonchev–Trinajstić information content (AvgIpc) is 2.47. The lowest BCUT2D eigenvalue weighted by Gasteiger charge is -2.12. The minimum atomic E-state index is 0.573. The largest absolute Gasteiger partial charge is 0.487 e. The van der Waals surface area contributed by atoms with E-state index in [1.54, 1.807) is 6.20 Å². The van der Waals surface area contributed by atoms with Crippen molar-refractivity contribution in [1.29, 1.82) is 0 Å². The number of pyridine rings is 1. The Hall–Kier alpha value is -1.87. The fraction of sp³-hybridized carbons (Fsp3) is 0.353. The molecule has 0 amide bonds. The molecule has 106 valence electrons. The van der Waals surface area contributed by atoms with Gasteiger partial charge in [-0.1, -0.05) is 44.2 Å². The molecular weight excluding hydrogens is 248 g/mol. The molecule has 0 bridgehead atoms. The molecule has 0 aliphatic rings. The average molecular weight is 270 g/mol. The van der Waals surface area contributed by atoms with Crippen LogP contribution in [0.15, 0.2) is 48.8 Å². The highest BCUT2D eigenvalue weighted by Crippen LogP contribution is 2.17. The van der Waals surface area contributed by atoms with Gasteiger partial charge < -0.3 is 10.1 Å². The molecule has 0 radical (unpaired) electrons. The smallest absolute Gasteiger partial charge is 0.142 e. The lowest BCUT2D eigenvalue weighted by atomic mass is 10.2. The number of aromatic nitrogens is 1. The van der Waals surface area contributed by atoms with Crippen LogP contribution < -0.4 is 10.1 Å². The van der Waals surface area contributed by atoms with Gasteiger partial charge in [-0.05, 0) is 24.1 Å². The van der Waals surface area contributed by atoms with Crippen LogP contribution in [0.1, 0.15) is 25.0 Å². The number of hydrogen-bond donors (Lipinski definition) is 1. The molecule has 0 aliphatic heterocycles. The summed E-state index contributed by atoms with van der Waals surface area (Å²) >= 11 is 0. The van der Waals surface area contributed by atoms with Crippen LogP contribution in [0.3, 0.4) is 0 Å². The molecule has 0 spiro atoms. The molecular formula is C17H22N2O. The molecule has 0 saturated carbocycles. The van der Waals surface area contributed by atoms with E-state index in [1.807, 2.05) is 30.5 Å². The Balaban J connectivity index is 1.93. The van der Waals surface area contributed by atoms with Gasteiger partial charge in [0.2, 0.25) is 0 Å². The van der Waals surface area contributed by atoms with Gasteiger partial charge in [0.1, 0.15) is 12.4 Å². The molecule has 0 aliphatic carbocycles. The van der Waals surface area contributed by atoms with Crippen LogP contribution in [0.25, 0.3) is 0 Å². The molecule has 1 heterocycles. The second-order valence-electron chi connectivity index (χ2n) is 5.28. The Labute approximate surface area is 121 Å². The zero-order valence-corrected chi connectivity index (χ0v) is 12.2. The summed E-state index contributed by atoms with van der Waals surface area (Å²) in [5.41, 5.74) is 2.31. The first-order valence-corrected chi connectivity index (χ1v) is 7.06. The van der Waals surface area contributed by atoms with Crippen LogP contribution in [-0.2, 0) is 13.2 Å². The van der Waals surface area contributed by atoms with Crippen molar-refractivity contribution in [3.8, 4) is 5.75 Å². The normalized spacial score (nSPS) is 10.8. The number of benzene rings is 1. The summed E-state index contributed by atoms with van der Waals surface area (Å²) in [4.78, 5) is 4.15. The number of rotatable bonds is 7. The molecule has 0 saturated heterocycles. The minimum Gasteiger partial charge on any atom is -0.487 e. The fourth-order valence-corrected chi connectivity index (χ4v) is 1.92. The number of ether oxygens (including phenoxy) is 1. The van der Waals surface area contributed by atoms with E-state index in [-0.39, 0.29) is 0 Å². The van der Waals surface area contributed by atoms with Gasteiger partial charge in [-0.2, -0.15) is 0 Å². The SMILES string of the molecule is CC(C)CNCc1ccncc1OCc1ccccc1. The van der Waals surface area contributed by atoms with E-state index in [0.29, 0.717) is 12.5 Å². The van der Waals surface area contributed by atoms with Crippen molar-refractivity contribution in [3.63, 3.8) is 0 Å². The van der Waals surface area contributed by atoms with Crippen LogP contribution >= 0.6 is 0 Å². The summed E-state index contributed by atoms with van der Waals surface area (Å²) in [7, 11) is 0. The third-order valence-electron chi connectivity index (χ3n) is 2.98. The Morgan fingerprint density at radius 3 is 2.70 bits per heavy atom. The van der Waals surface area contributed by atoms with E-state index >= 15 is 0 Å². The molecule has 3 nitrogen and oxygen atoms in total. The summed E-state index contributed by atoms with van der Waals surface area (Å²) < 4.78 is 5.88.